The Morgan fingerprint density at radius 3 is 2.68 bits per heavy atom. The van der Waals surface area contributed by atoms with Gasteiger partial charge < -0.3 is 20.3 Å². The summed E-state index contributed by atoms with van der Waals surface area (Å²) in [5.41, 5.74) is 1.11. The fraction of sp³-hybridized carbons (Fsp3) is 0.522. The molecule has 168 valence electrons. The molecule has 2 aromatic heterocycles. The Morgan fingerprint density at radius 2 is 1.97 bits per heavy atom. The fourth-order valence-electron chi connectivity index (χ4n) is 3.59. The summed E-state index contributed by atoms with van der Waals surface area (Å²) >= 11 is 0. The zero-order valence-corrected chi connectivity index (χ0v) is 20.5. The van der Waals surface area contributed by atoms with Crippen LogP contribution in [0.25, 0.3) is 0 Å². The molecule has 0 unspecified atom stereocenters. The van der Waals surface area contributed by atoms with Crippen molar-refractivity contribution in [3.8, 4) is 5.88 Å². The summed E-state index contributed by atoms with van der Waals surface area (Å²) in [5.74, 6) is 3.36. The van der Waals surface area contributed by atoms with Gasteiger partial charge in [0.2, 0.25) is 5.88 Å². The van der Waals surface area contributed by atoms with Crippen molar-refractivity contribution < 1.29 is 4.74 Å². The highest BCUT2D eigenvalue weighted by Crippen LogP contribution is 2.29. The van der Waals surface area contributed by atoms with Gasteiger partial charge >= 0.3 is 0 Å². The molecule has 0 amide bonds. The molecule has 0 radical (unpaired) electrons. The molecule has 0 atom stereocenters. The van der Waals surface area contributed by atoms with Gasteiger partial charge in [-0.1, -0.05) is 6.07 Å². The maximum absolute atomic E-state index is 5.79. The van der Waals surface area contributed by atoms with Crippen LogP contribution in [-0.2, 0) is 6.54 Å². The van der Waals surface area contributed by atoms with E-state index in [4.69, 9.17) is 9.73 Å². The smallest absolute Gasteiger partial charge is 0.213 e. The first-order valence-corrected chi connectivity index (χ1v) is 11.1. The summed E-state index contributed by atoms with van der Waals surface area (Å²) in [6.07, 6.45) is 8.35. The highest BCUT2D eigenvalue weighted by Gasteiger charge is 2.22. The van der Waals surface area contributed by atoms with E-state index in [0.717, 1.165) is 62.3 Å². The highest BCUT2D eigenvalue weighted by atomic mass is 127. The van der Waals surface area contributed by atoms with E-state index >= 15 is 0 Å². The summed E-state index contributed by atoms with van der Waals surface area (Å²) < 4.78 is 5.79. The van der Waals surface area contributed by atoms with Gasteiger partial charge in [0, 0.05) is 44.1 Å². The van der Waals surface area contributed by atoms with Gasteiger partial charge in [-0.05, 0) is 62.3 Å². The number of piperidine rings is 1. The van der Waals surface area contributed by atoms with Crippen LogP contribution in [0.2, 0.25) is 0 Å². The molecular formula is C23H33IN6O. The number of nitrogens with zero attached hydrogens (tertiary/aromatic N) is 4. The number of aliphatic imine (C=N–C) groups is 1. The Bertz CT molecular complexity index is 822. The minimum absolute atomic E-state index is 0. The van der Waals surface area contributed by atoms with Crippen LogP contribution >= 0.6 is 24.0 Å². The summed E-state index contributed by atoms with van der Waals surface area (Å²) in [6, 6.07) is 10.5. The van der Waals surface area contributed by atoms with Crippen LogP contribution in [0, 0.1) is 5.92 Å². The van der Waals surface area contributed by atoms with Gasteiger partial charge in [0.1, 0.15) is 5.82 Å². The second-order valence-corrected chi connectivity index (χ2v) is 8.05. The third-order valence-corrected chi connectivity index (χ3v) is 5.54. The maximum atomic E-state index is 5.79. The normalized spacial score (nSPS) is 17.1. The Balaban J connectivity index is 0.00000272. The van der Waals surface area contributed by atoms with Crippen molar-refractivity contribution in [2.75, 3.05) is 31.1 Å². The lowest BCUT2D eigenvalue weighted by Crippen LogP contribution is -2.48. The average molecular weight is 536 g/mol. The fourth-order valence-corrected chi connectivity index (χ4v) is 3.59. The van der Waals surface area contributed by atoms with Crippen molar-refractivity contribution in [2.24, 2.45) is 10.9 Å². The lowest BCUT2D eigenvalue weighted by atomic mass is 10.1. The third-order valence-electron chi connectivity index (χ3n) is 5.54. The van der Waals surface area contributed by atoms with Crippen molar-refractivity contribution in [1.82, 2.24) is 20.6 Å². The second kappa shape index (κ2) is 12.1. The van der Waals surface area contributed by atoms with E-state index in [-0.39, 0.29) is 24.0 Å². The summed E-state index contributed by atoms with van der Waals surface area (Å²) in [5, 5.41) is 6.98. The van der Waals surface area contributed by atoms with Gasteiger partial charge in [-0.2, -0.15) is 0 Å². The Hall–Kier alpha value is -2.10. The quantitative estimate of drug-likeness (QED) is 0.305. The number of nitrogens with one attached hydrogen (secondary N) is 2. The number of halogens is 1. The minimum atomic E-state index is 0. The number of rotatable bonds is 8. The molecule has 31 heavy (non-hydrogen) atoms. The van der Waals surface area contributed by atoms with Gasteiger partial charge in [0.25, 0.3) is 0 Å². The molecule has 4 rings (SSSR count). The van der Waals surface area contributed by atoms with Crippen LogP contribution in [0.5, 0.6) is 5.88 Å². The standard InChI is InChI=1S/C23H32N6O.HI/c1-2-24-23(27-16-19-8-12-26-22(15-19)30-17-18-6-7-18)28-20-9-13-29(14-10-20)21-5-3-4-11-25-21;/h3-5,8,11-12,15,18,20H,2,6-7,9-10,13-14,16-17H2,1H3,(H2,24,27,28);1H. The van der Waals surface area contributed by atoms with Gasteiger partial charge in [0.05, 0.1) is 13.2 Å². The van der Waals surface area contributed by atoms with Gasteiger partial charge in [-0.3, -0.25) is 0 Å². The first-order valence-electron chi connectivity index (χ1n) is 11.1. The number of anilines is 1. The first-order chi connectivity index (χ1) is 14.8. The Labute approximate surface area is 202 Å². The topological polar surface area (TPSA) is 74.7 Å². The summed E-state index contributed by atoms with van der Waals surface area (Å²) in [6.45, 7) is 6.31. The lowest BCUT2D eigenvalue weighted by molar-refractivity contribution is 0.288. The van der Waals surface area contributed by atoms with E-state index in [2.05, 4.69) is 38.5 Å². The molecule has 2 fully saturated rings. The van der Waals surface area contributed by atoms with Crippen molar-refractivity contribution in [1.29, 1.82) is 0 Å². The third kappa shape index (κ3) is 7.52. The molecule has 0 aromatic carbocycles. The molecule has 8 heteroatoms. The molecule has 1 saturated heterocycles. The zero-order chi connectivity index (χ0) is 20.6. The molecule has 1 aliphatic carbocycles. The minimum Gasteiger partial charge on any atom is -0.477 e. The van der Waals surface area contributed by atoms with E-state index in [1.165, 1.54) is 12.8 Å². The van der Waals surface area contributed by atoms with E-state index in [0.29, 0.717) is 18.5 Å². The average Bonchev–Trinajstić information content (AvgIpc) is 3.62. The molecule has 0 bridgehead atoms. The number of aromatic nitrogens is 2. The predicted octanol–water partition coefficient (Wildman–Crippen LogP) is 3.61. The van der Waals surface area contributed by atoms with Crippen molar-refractivity contribution in [3.05, 3.63) is 48.3 Å². The van der Waals surface area contributed by atoms with E-state index in [9.17, 15) is 0 Å². The number of hydrogen-bond acceptors (Lipinski definition) is 5. The number of pyridine rings is 2. The molecule has 2 N–H and O–H groups in total. The van der Waals surface area contributed by atoms with Crippen molar-refractivity contribution in [3.63, 3.8) is 0 Å². The summed E-state index contributed by atoms with van der Waals surface area (Å²) in [4.78, 5) is 15.9. The van der Waals surface area contributed by atoms with Crippen LogP contribution < -0.4 is 20.3 Å². The van der Waals surface area contributed by atoms with Crippen molar-refractivity contribution in [2.45, 2.75) is 45.2 Å². The molecule has 0 spiro atoms. The van der Waals surface area contributed by atoms with Crippen LogP contribution in [0.3, 0.4) is 0 Å². The number of hydrogen-bond donors (Lipinski definition) is 2. The molecular weight excluding hydrogens is 503 g/mol. The summed E-state index contributed by atoms with van der Waals surface area (Å²) in [7, 11) is 0. The van der Waals surface area contributed by atoms with Gasteiger partial charge in [0.15, 0.2) is 5.96 Å². The van der Waals surface area contributed by atoms with E-state index in [1.54, 1.807) is 6.20 Å². The molecule has 1 aliphatic heterocycles. The molecule has 1 saturated carbocycles. The highest BCUT2D eigenvalue weighted by molar-refractivity contribution is 14.0. The molecule has 2 aromatic rings. The molecule has 3 heterocycles. The number of ether oxygens (including phenoxy) is 1. The Morgan fingerprint density at radius 1 is 1.13 bits per heavy atom. The Kier molecular flexibility index (Phi) is 9.17. The van der Waals surface area contributed by atoms with E-state index < -0.39 is 0 Å². The van der Waals surface area contributed by atoms with E-state index in [1.807, 2.05) is 30.5 Å². The predicted molar refractivity (Wildman–Crippen MR) is 135 cm³/mol. The lowest BCUT2D eigenvalue weighted by Gasteiger charge is -2.33. The molecule has 2 aliphatic rings. The monoisotopic (exact) mass is 536 g/mol. The van der Waals surface area contributed by atoms with Crippen LogP contribution in [0.15, 0.2) is 47.7 Å². The van der Waals surface area contributed by atoms with Crippen LogP contribution in [-0.4, -0.2) is 48.2 Å². The number of guanidine groups is 1. The van der Waals surface area contributed by atoms with Gasteiger partial charge in [-0.15, -0.1) is 24.0 Å². The first kappa shape index (κ1) is 23.6. The molecule has 7 nitrogen and oxygen atoms in total. The SMILES string of the molecule is CCNC(=NCc1ccnc(OCC2CC2)c1)NC1CCN(c2ccccn2)CC1.I. The zero-order valence-electron chi connectivity index (χ0n) is 18.2. The maximum Gasteiger partial charge on any atom is 0.213 e. The largest absolute Gasteiger partial charge is 0.477 e. The van der Waals surface area contributed by atoms with Crippen LogP contribution in [0.1, 0.15) is 38.2 Å². The van der Waals surface area contributed by atoms with Crippen LogP contribution in [0.4, 0.5) is 5.82 Å². The second-order valence-electron chi connectivity index (χ2n) is 8.05. The van der Waals surface area contributed by atoms with Crippen molar-refractivity contribution >= 4 is 35.8 Å². The van der Waals surface area contributed by atoms with Gasteiger partial charge in [-0.25, -0.2) is 15.0 Å².